The monoisotopic (exact) mass is 265 g/mol. The lowest BCUT2D eigenvalue weighted by Gasteiger charge is -2.08. The summed E-state index contributed by atoms with van der Waals surface area (Å²) in [7, 11) is 0. The summed E-state index contributed by atoms with van der Waals surface area (Å²) in [5.74, 6) is 0.0125. The number of hydrogen-bond acceptors (Lipinski definition) is 3. The molecule has 0 spiro atoms. The summed E-state index contributed by atoms with van der Waals surface area (Å²) in [6, 6.07) is 17.4. The molecule has 3 rings (SSSR count). The number of fused-ring (bicyclic) bond motifs is 1. The van der Waals surface area contributed by atoms with Gasteiger partial charge in [-0.3, -0.25) is 10.1 Å². The van der Waals surface area contributed by atoms with E-state index in [1.165, 1.54) is 18.2 Å². The first-order valence-electron chi connectivity index (χ1n) is 6.12. The van der Waals surface area contributed by atoms with Gasteiger partial charge in [-0.2, -0.15) is 0 Å². The smallest absolute Gasteiger partial charge is 0.277 e. The SMILES string of the molecule is O=[N+]([O-])c1ccc(O)cc1-c1cccc2ccccc12. The van der Waals surface area contributed by atoms with Crippen LogP contribution in [0.2, 0.25) is 0 Å². The zero-order valence-electron chi connectivity index (χ0n) is 10.5. The van der Waals surface area contributed by atoms with Crippen molar-refractivity contribution >= 4 is 16.5 Å². The molecule has 3 aromatic carbocycles. The lowest BCUT2D eigenvalue weighted by atomic mass is 9.97. The predicted molar refractivity (Wildman–Crippen MR) is 77.7 cm³/mol. The molecule has 0 saturated carbocycles. The molecule has 0 unspecified atom stereocenters. The Morgan fingerprint density at radius 2 is 1.65 bits per heavy atom. The minimum atomic E-state index is -0.434. The Hall–Kier alpha value is -2.88. The van der Waals surface area contributed by atoms with Crippen LogP contribution in [0.5, 0.6) is 5.75 Å². The number of aromatic hydroxyl groups is 1. The van der Waals surface area contributed by atoms with Crippen molar-refractivity contribution in [2.75, 3.05) is 0 Å². The van der Waals surface area contributed by atoms with Crippen LogP contribution >= 0.6 is 0 Å². The average Bonchev–Trinajstić information content (AvgIpc) is 2.46. The summed E-state index contributed by atoms with van der Waals surface area (Å²) < 4.78 is 0. The van der Waals surface area contributed by atoms with Crippen LogP contribution in [0, 0.1) is 10.1 Å². The van der Waals surface area contributed by atoms with E-state index in [4.69, 9.17) is 0 Å². The first kappa shape index (κ1) is 12.2. The van der Waals surface area contributed by atoms with Crippen molar-refractivity contribution in [3.63, 3.8) is 0 Å². The van der Waals surface area contributed by atoms with Crippen LogP contribution < -0.4 is 0 Å². The van der Waals surface area contributed by atoms with Crippen LogP contribution in [0.25, 0.3) is 21.9 Å². The molecule has 0 atom stereocenters. The predicted octanol–water partition coefficient (Wildman–Crippen LogP) is 4.12. The van der Waals surface area contributed by atoms with Crippen LogP contribution in [0.3, 0.4) is 0 Å². The summed E-state index contributed by atoms with van der Waals surface area (Å²) >= 11 is 0. The average molecular weight is 265 g/mol. The van der Waals surface area contributed by atoms with Crippen molar-refractivity contribution < 1.29 is 10.0 Å². The van der Waals surface area contributed by atoms with Crippen LogP contribution in [0.1, 0.15) is 0 Å². The van der Waals surface area contributed by atoms with Gasteiger partial charge in [0, 0.05) is 6.07 Å². The molecular formula is C16H11NO3. The topological polar surface area (TPSA) is 63.4 Å². The highest BCUT2D eigenvalue weighted by Gasteiger charge is 2.17. The number of benzene rings is 3. The first-order chi connectivity index (χ1) is 9.66. The standard InChI is InChI=1S/C16H11NO3/c18-12-8-9-16(17(19)20)15(10-12)14-7-3-5-11-4-1-2-6-13(11)14/h1-10,18H. The van der Waals surface area contributed by atoms with Gasteiger partial charge in [0.1, 0.15) is 5.75 Å². The maximum absolute atomic E-state index is 11.2. The normalized spacial score (nSPS) is 10.6. The molecule has 0 aliphatic heterocycles. The summed E-state index contributed by atoms with van der Waals surface area (Å²) in [6.45, 7) is 0. The molecule has 0 aromatic heterocycles. The molecule has 4 nitrogen and oxygen atoms in total. The van der Waals surface area contributed by atoms with Crippen molar-refractivity contribution in [3.05, 3.63) is 70.8 Å². The van der Waals surface area contributed by atoms with Gasteiger partial charge in [0.2, 0.25) is 0 Å². The molecule has 0 aliphatic rings. The first-order valence-corrected chi connectivity index (χ1v) is 6.12. The quantitative estimate of drug-likeness (QED) is 0.560. The van der Waals surface area contributed by atoms with Crippen molar-refractivity contribution in [2.45, 2.75) is 0 Å². The van der Waals surface area contributed by atoms with E-state index in [0.29, 0.717) is 5.56 Å². The van der Waals surface area contributed by atoms with E-state index >= 15 is 0 Å². The summed E-state index contributed by atoms with van der Waals surface area (Å²) in [6.07, 6.45) is 0. The van der Waals surface area contributed by atoms with Gasteiger partial charge in [-0.1, -0.05) is 42.5 Å². The third-order valence-corrected chi connectivity index (χ3v) is 3.26. The number of hydrogen-bond donors (Lipinski definition) is 1. The molecule has 20 heavy (non-hydrogen) atoms. The second-order valence-electron chi connectivity index (χ2n) is 4.49. The fourth-order valence-corrected chi connectivity index (χ4v) is 2.36. The van der Waals surface area contributed by atoms with E-state index in [1.807, 2.05) is 42.5 Å². The van der Waals surface area contributed by atoms with Gasteiger partial charge in [-0.05, 0) is 28.5 Å². The summed E-state index contributed by atoms with van der Waals surface area (Å²) in [4.78, 5) is 10.7. The van der Waals surface area contributed by atoms with E-state index in [9.17, 15) is 15.2 Å². The fourth-order valence-electron chi connectivity index (χ4n) is 2.36. The van der Waals surface area contributed by atoms with E-state index in [1.54, 1.807) is 0 Å². The van der Waals surface area contributed by atoms with Gasteiger partial charge in [-0.15, -0.1) is 0 Å². The maximum Gasteiger partial charge on any atom is 0.277 e. The third kappa shape index (κ3) is 1.97. The molecule has 0 saturated heterocycles. The molecule has 4 heteroatoms. The Morgan fingerprint density at radius 1 is 0.900 bits per heavy atom. The van der Waals surface area contributed by atoms with Gasteiger partial charge in [0.25, 0.3) is 5.69 Å². The molecule has 98 valence electrons. The highest BCUT2D eigenvalue weighted by molar-refractivity contribution is 5.98. The molecule has 0 amide bonds. The minimum absolute atomic E-state index is 0.0125. The number of rotatable bonds is 2. The second-order valence-corrected chi connectivity index (χ2v) is 4.49. The van der Waals surface area contributed by atoms with Crippen molar-refractivity contribution in [1.29, 1.82) is 0 Å². The molecule has 1 N–H and O–H groups in total. The van der Waals surface area contributed by atoms with Crippen molar-refractivity contribution in [2.24, 2.45) is 0 Å². The maximum atomic E-state index is 11.2. The van der Waals surface area contributed by atoms with Gasteiger partial charge in [0.05, 0.1) is 10.5 Å². The van der Waals surface area contributed by atoms with Crippen molar-refractivity contribution in [3.8, 4) is 16.9 Å². The van der Waals surface area contributed by atoms with Crippen LogP contribution in [0.15, 0.2) is 60.7 Å². The minimum Gasteiger partial charge on any atom is -0.508 e. The van der Waals surface area contributed by atoms with Crippen molar-refractivity contribution in [1.82, 2.24) is 0 Å². The third-order valence-electron chi connectivity index (χ3n) is 3.26. The summed E-state index contributed by atoms with van der Waals surface area (Å²) in [5.41, 5.74) is 1.15. The highest BCUT2D eigenvalue weighted by Crippen LogP contribution is 2.36. The van der Waals surface area contributed by atoms with E-state index in [0.717, 1.165) is 16.3 Å². The van der Waals surface area contributed by atoms with E-state index in [2.05, 4.69) is 0 Å². The lowest BCUT2D eigenvalue weighted by molar-refractivity contribution is -0.384. The molecular weight excluding hydrogens is 254 g/mol. The van der Waals surface area contributed by atoms with Gasteiger partial charge in [0.15, 0.2) is 0 Å². The molecule has 0 heterocycles. The number of nitro benzene ring substituents is 1. The molecule has 0 aliphatic carbocycles. The fraction of sp³-hybridized carbons (Fsp3) is 0. The Labute approximate surface area is 115 Å². The Kier molecular flexibility index (Phi) is 2.84. The number of nitro groups is 1. The van der Waals surface area contributed by atoms with Crippen LogP contribution in [-0.2, 0) is 0 Å². The second kappa shape index (κ2) is 4.66. The highest BCUT2D eigenvalue weighted by atomic mass is 16.6. The summed E-state index contributed by atoms with van der Waals surface area (Å²) in [5, 5.41) is 22.7. The zero-order valence-corrected chi connectivity index (χ0v) is 10.5. The Morgan fingerprint density at radius 3 is 2.45 bits per heavy atom. The number of phenolic OH excluding ortho intramolecular Hbond substituents is 1. The van der Waals surface area contributed by atoms with Gasteiger partial charge >= 0.3 is 0 Å². The van der Waals surface area contributed by atoms with Crippen LogP contribution in [0.4, 0.5) is 5.69 Å². The van der Waals surface area contributed by atoms with Gasteiger partial charge < -0.3 is 5.11 Å². The lowest BCUT2D eigenvalue weighted by Crippen LogP contribution is -1.92. The Bertz CT molecular complexity index is 806. The van der Waals surface area contributed by atoms with Gasteiger partial charge in [-0.25, -0.2) is 0 Å². The number of nitrogens with zero attached hydrogens (tertiary/aromatic N) is 1. The molecule has 0 fully saturated rings. The molecule has 0 radical (unpaired) electrons. The van der Waals surface area contributed by atoms with E-state index in [-0.39, 0.29) is 11.4 Å². The molecule has 0 bridgehead atoms. The number of phenols is 1. The Balaban J connectivity index is 2.36. The van der Waals surface area contributed by atoms with Crippen LogP contribution in [-0.4, -0.2) is 10.0 Å². The zero-order chi connectivity index (χ0) is 14.1. The largest absolute Gasteiger partial charge is 0.508 e. The van der Waals surface area contributed by atoms with E-state index < -0.39 is 4.92 Å². The molecule has 3 aromatic rings.